The number of thioether (sulfide) groups is 1. The second-order valence-electron chi connectivity index (χ2n) is 3.51. The zero-order valence-electron chi connectivity index (χ0n) is 9.34. The predicted molar refractivity (Wildman–Crippen MR) is 72.8 cm³/mol. The molecule has 0 aliphatic rings. The maximum Gasteiger partial charge on any atom is 0.170 e. The molecule has 0 spiro atoms. The second kappa shape index (κ2) is 5.88. The summed E-state index contributed by atoms with van der Waals surface area (Å²) >= 11 is 3.28. The van der Waals surface area contributed by atoms with Gasteiger partial charge in [0.15, 0.2) is 5.84 Å². The van der Waals surface area contributed by atoms with Crippen LogP contribution < -0.4 is 5.73 Å². The molecule has 2 rings (SSSR count). The van der Waals surface area contributed by atoms with Crippen molar-refractivity contribution in [1.82, 2.24) is 0 Å². The summed E-state index contributed by atoms with van der Waals surface area (Å²) in [4.78, 5) is 0. The van der Waals surface area contributed by atoms with Gasteiger partial charge in [-0.05, 0) is 29.1 Å². The summed E-state index contributed by atoms with van der Waals surface area (Å²) in [5.41, 5.74) is 6.81. The van der Waals surface area contributed by atoms with Gasteiger partial charge in [-0.2, -0.15) is 0 Å². The normalized spacial score (nSPS) is 11.7. The highest BCUT2D eigenvalue weighted by molar-refractivity contribution is 8.00. The van der Waals surface area contributed by atoms with E-state index < -0.39 is 5.82 Å². The van der Waals surface area contributed by atoms with Crippen LogP contribution in [0.25, 0.3) is 0 Å². The minimum atomic E-state index is -0.401. The molecule has 94 valence electrons. The number of halogens is 1. The molecule has 3 nitrogen and oxygen atoms in total. The summed E-state index contributed by atoms with van der Waals surface area (Å²) in [7, 11) is 0. The van der Waals surface area contributed by atoms with Crippen molar-refractivity contribution in [1.29, 1.82) is 0 Å². The van der Waals surface area contributed by atoms with Gasteiger partial charge in [-0.3, -0.25) is 0 Å². The maximum absolute atomic E-state index is 13.2. The Labute approximate surface area is 112 Å². The number of rotatable bonds is 4. The molecule has 1 aromatic heterocycles. The van der Waals surface area contributed by atoms with Gasteiger partial charge in [0, 0.05) is 11.3 Å². The Balaban J connectivity index is 2.21. The predicted octanol–water partition coefficient (Wildman–Crippen LogP) is 3.27. The Morgan fingerprint density at radius 1 is 1.44 bits per heavy atom. The molecule has 6 heteroatoms. The van der Waals surface area contributed by atoms with Gasteiger partial charge >= 0.3 is 0 Å². The van der Waals surface area contributed by atoms with Crippen molar-refractivity contribution in [3.8, 4) is 0 Å². The average Bonchev–Trinajstić information content (AvgIpc) is 2.89. The van der Waals surface area contributed by atoms with Crippen molar-refractivity contribution in [3.05, 3.63) is 52.7 Å². The van der Waals surface area contributed by atoms with Crippen LogP contribution in [-0.4, -0.2) is 11.0 Å². The van der Waals surface area contributed by atoms with E-state index in [0.29, 0.717) is 11.3 Å². The molecule has 0 bridgehead atoms. The van der Waals surface area contributed by atoms with Crippen molar-refractivity contribution in [2.24, 2.45) is 10.9 Å². The Morgan fingerprint density at radius 2 is 2.28 bits per heavy atom. The molecular weight excluding hydrogens is 271 g/mol. The highest BCUT2D eigenvalue weighted by atomic mass is 32.2. The third-order valence-electron chi connectivity index (χ3n) is 2.32. The lowest BCUT2D eigenvalue weighted by Crippen LogP contribution is -2.15. The molecule has 0 amide bonds. The molecule has 1 aromatic carbocycles. The molecule has 0 fully saturated rings. The third kappa shape index (κ3) is 3.02. The standard InChI is InChI=1S/C12H11FN2OS2/c13-9-4-3-8(10(6-9)12(14)15-16)7-18-11-2-1-5-17-11/h1-6,16H,7H2,(H2,14,15). The lowest BCUT2D eigenvalue weighted by Gasteiger charge is -2.07. The molecule has 3 N–H and O–H groups in total. The molecular formula is C12H11FN2OS2. The van der Waals surface area contributed by atoms with Crippen LogP contribution in [0, 0.1) is 5.82 Å². The highest BCUT2D eigenvalue weighted by Gasteiger charge is 2.09. The molecule has 1 heterocycles. The monoisotopic (exact) mass is 282 g/mol. The zero-order chi connectivity index (χ0) is 13.0. The van der Waals surface area contributed by atoms with Crippen molar-refractivity contribution in [3.63, 3.8) is 0 Å². The van der Waals surface area contributed by atoms with E-state index in [0.717, 1.165) is 5.56 Å². The minimum absolute atomic E-state index is 0.0729. The van der Waals surface area contributed by atoms with Gasteiger partial charge in [0.2, 0.25) is 0 Å². The van der Waals surface area contributed by atoms with Crippen LogP contribution in [0.4, 0.5) is 4.39 Å². The molecule has 0 atom stereocenters. The summed E-state index contributed by atoms with van der Waals surface area (Å²) < 4.78 is 14.3. The fourth-order valence-corrected chi connectivity index (χ4v) is 3.25. The van der Waals surface area contributed by atoms with Gasteiger partial charge in [-0.15, -0.1) is 23.1 Å². The number of hydrogen-bond acceptors (Lipinski definition) is 4. The van der Waals surface area contributed by atoms with Crippen LogP contribution in [0.3, 0.4) is 0 Å². The van der Waals surface area contributed by atoms with Crippen molar-refractivity contribution < 1.29 is 9.60 Å². The van der Waals surface area contributed by atoms with Gasteiger partial charge in [0.25, 0.3) is 0 Å². The Hall–Kier alpha value is -1.53. The first kappa shape index (κ1) is 12.9. The van der Waals surface area contributed by atoms with Crippen molar-refractivity contribution >= 4 is 28.9 Å². The van der Waals surface area contributed by atoms with Crippen LogP contribution >= 0.6 is 23.1 Å². The van der Waals surface area contributed by atoms with Gasteiger partial charge in [-0.1, -0.05) is 17.3 Å². The van der Waals surface area contributed by atoms with E-state index in [2.05, 4.69) is 5.16 Å². The van der Waals surface area contributed by atoms with E-state index in [-0.39, 0.29) is 5.84 Å². The summed E-state index contributed by atoms with van der Waals surface area (Å²) in [6, 6.07) is 8.30. The quantitative estimate of drug-likeness (QED) is 0.297. The summed E-state index contributed by atoms with van der Waals surface area (Å²) in [5, 5.41) is 13.6. The van der Waals surface area contributed by atoms with Crippen LogP contribution in [0.15, 0.2) is 45.1 Å². The van der Waals surface area contributed by atoms with E-state index in [1.165, 1.54) is 16.3 Å². The number of oxime groups is 1. The number of nitrogens with zero attached hydrogens (tertiary/aromatic N) is 1. The smallest absolute Gasteiger partial charge is 0.170 e. The van der Waals surface area contributed by atoms with E-state index in [4.69, 9.17) is 10.9 Å². The van der Waals surface area contributed by atoms with E-state index in [9.17, 15) is 4.39 Å². The van der Waals surface area contributed by atoms with Crippen molar-refractivity contribution in [2.45, 2.75) is 9.96 Å². The van der Waals surface area contributed by atoms with E-state index >= 15 is 0 Å². The highest BCUT2D eigenvalue weighted by Crippen LogP contribution is 2.28. The number of thiophene rings is 1. The van der Waals surface area contributed by atoms with Crippen LogP contribution in [0.1, 0.15) is 11.1 Å². The summed E-state index contributed by atoms with van der Waals surface area (Å²) in [5.74, 6) is 0.171. The maximum atomic E-state index is 13.2. The second-order valence-corrected chi connectivity index (χ2v) is 5.73. The van der Waals surface area contributed by atoms with E-state index in [1.807, 2.05) is 17.5 Å². The number of benzene rings is 1. The number of hydrogen-bond donors (Lipinski definition) is 2. The molecule has 0 saturated carbocycles. The first-order valence-corrected chi connectivity index (χ1v) is 7.00. The first-order valence-electron chi connectivity index (χ1n) is 5.13. The van der Waals surface area contributed by atoms with Crippen molar-refractivity contribution in [2.75, 3.05) is 0 Å². The SMILES string of the molecule is NC(=NO)c1cc(F)ccc1CSc1cccs1. The molecule has 0 aliphatic heterocycles. The lowest BCUT2D eigenvalue weighted by molar-refractivity contribution is 0.318. The van der Waals surface area contributed by atoms with Gasteiger partial charge in [0.1, 0.15) is 5.82 Å². The molecule has 0 saturated heterocycles. The van der Waals surface area contributed by atoms with Crippen LogP contribution in [0.2, 0.25) is 0 Å². The van der Waals surface area contributed by atoms with Crippen LogP contribution in [0.5, 0.6) is 0 Å². The van der Waals surface area contributed by atoms with Gasteiger partial charge in [-0.25, -0.2) is 4.39 Å². The fraction of sp³-hybridized carbons (Fsp3) is 0.0833. The summed E-state index contributed by atoms with van der Waals surface area (Å²) in [6.45, 7) is 0. The van der Waals surface area contributed by atoms with Gasteiger partial charge < -0.3 is 10.9 Å². The largest absolute Gasteiger partial charge is 0.409 e. The molecule has 18 heavy (non-hydrogen) atoms. The fourth-order valence-electron chi connectivity index (χ4n) is 1.46. The Morgan fingerprint density at radius 3 is 2.94 bits per heavy atom. The minimum Gasteiger partial charge on any atom is -0.409 e. The zero-order valence-corrected chi connectivity index (χ0v) is 11.0. The lowest BCUT2D eigenvalue weighted by atomic mass is 10.1. The average molecular weight is 282 g/mol. The summed E-state index contributed by atoms with van der Waals surface area (Å²) in [6.07, 6.45) is 0. The Kier molecular flexibility index (Phi) is 4.22. The van der Waals surface area contributed by atoms with Crippen LogP contribution in [-0.2, 0) is 5.75 Å². The molecule has 0 aliphatic carbocycles. The Bertz CT molecular complexity index is 555. The van der Waals surface area contributed by atoms with E-state index in [1.54, 1.807) is 29.2 Å². The molecule has 0 unspecified atom stereocenters. The topological polar surface area (TPSA) is 58.6 Å². The number of nitrogens with two attached hydrogens (primary N) is 1. The number of amidine groups is 1. The molecule has 0 radical (unpaired) electrons. The first-order chi connectivity index (χ1) is 8.70. The third-order valence-corrected chi connectivity index (χ3v) is 4.50. The molecule has 2 aromatic rings. The van der Waals surface area contributed by atoms with Gasteiger partial charge in [0.05, 0.1) is 4.21 Å².